The summed E-state index contributed by atoms with van der Waals surface area (Å²) in [5.74, 6) is 0.338. The SMILES string of the molecule is CCCN1CCCC(NC2CC2)C1=O. The number of hydrogen-bond acceptors (Lipinski definition) is 2. The molecule has 0 aromatic rings. The van der Waals surface area contributed by atoms with Crippen LogP contribution in [0, 0.1) is 0 Å². The third kappa shape index (κ3) is 2.27. The van der Waals surface area contributed by atoms with Crippen molar-refractivity contribution in [2.24, 2.45) is 0 Å². The fourth-order valence-electron chi connectivity index (χ4n) is 2.12. The Morgan fingerprint density at radius 1 is 1.43 bits per heavy atom. The van der Waals surface area contributed by atoms with Crippen LogP contribution < -0.4 is 5.32 Å². The van der Waals surface area contributed by atoms with Crippen LogP contribution in [0.15, 0.2) is 0 Å². The average molecular weight is 196 g/mol. The molecule has 0 bridgehead atoms. The summed E-state index contributed by atoms with van der Waals surface area (Å²) in [6, 6.07) is 0.772. The number of piperidine rings is 1. The molecule has 1 heterocycles. The third-order valence-electron chi connectivity index (χ3n) is 3.04. The standard InChI is InChI=1S/C11H20N2O/c1-2-7-13-8-3-4-10(11(13)14)12-9-5-6-9/h9-10,12H,2-8H2,1H3. The number of amides is 1. The predicted molar refractivity (Wildman–Crippen MR) is 56.1 cm³/mol. The van der Waals surface area contributed by atoms with Gasteiger partial charge in [-0.05, 0) is 32.1 Å². The molecule has 0 spiro atoms. The Morgan fingerprint density at radius 3 is 2.86 bits per heavy atom. The largest absolute Gasteiger partial charge is 0.341 e. The van der Waals surface area contributed by atoms with Gasteiger partial charge in [-0.25, -0.2) is 0 Å². The van der Waals surface area contributed by atoms with Crippen molar-refractivity contribution in [1.29, 1.82) is 0 Å². The van der Waals surface area contributed by atoms with Gasteiger partial charge in [0.2, 0.25) is 5.91 Å². The molecule has 0 aromatic heterocycles. The van der Waals surface area contributed by atoms with E-state index in [2.05, 4.69) is 12.2 Å². The normalized spacial score (nSPS) is 28.2. The molecule has 3 heteroatoms. The van der Waals surface area contributed by atoms with E-state index in [0.29, 0.717) is 11.9 Å². The first kappa shape index (κ1) is 9.97. The molecule has 1 N–H and O–H groups in total. The number of nitrogens with one attached hydrogen (secondary N) is 1. The Morgan fingerprint density at radius 2 is 2.21 bits per heavy atom. The Balaban J connectivity index is 1.86. The van der Waals surface area contributed by atoms with E-state index in [4.69, 9.17) is 0 Å². The molecule has 2 fully saturated rings. The highest BCUT2D eigenvalue weighted by atomic mass is 16.2. The van der Waals surface area contributed by atoms with Gasteiger partial charge in [0, 0.05) is 19.1 Å². The zero-order valence-corrected chi connectivity index (χ0v) is 8.96. The molecule has 1 atom stereocenters. The number of nitrogens with zero attached hydrogens (tertiary/aromatic N) is 1. The lowest BCUT2D eigenvalue weighted by molar-refractivity contribution is -0.136. The molecule has 1 saturated heterocycles. The molecule has 2 rings (SSSR count). The van der Waals surface area contributed by atoms with Gasteiger partial charge in [-0.3, -0.25) is 4.79 Å². The van der Waals surface area contributed by atoms with E-state index >= 15 is 0 Å². The molecule has 1 aliphatic carbocycles. The van der Waals surface area contributed by atoms with Crippen LogP contribution in [0.3, 0.4) is 0 Å². The van der Waals surface area contributed by atoms with E-state index in [0.717, 1.165) is 32.4 Å². The fourth-order valence-corrected chi connectivity index (χ4v) is 2.12. The van der Waals surface area contributed by atoms with E-state index in [-0.39, 0.29) is 6.04 Å². The second-order valence-corrected chi connectivity index (χ2v) is 4.46. The topological polar surface area (TPSA) is 32.3 Å². The lowest BCUT2D eigenvalue weighted by Gasteiger charge is -2.32. The van der Waals surface area contributed by atoms with Crippen LogP contribution in [0.1, 0.15) is 39.0 Å². The van der Waals surface area contributed by atoms with E-state index in [1.54, 1.807) is 0 Å². The van der Waals surface area contributed by atoms with Crippen LogP contribution >= 0.6 is 0 Å². The maximum atomic E-state index is 11.9. The first-order valence-electron chi connectivity index (χ1n) is 5.86. The maximum Gasteiger partial charge on any atom is 0.239 e. The molecule has 3 nitrogen and oxygen atoms in total. The minimum Gasteiger partial charge on any atom is -0.341 e. The van der Waals surface area contributed by atoms with Gasteiger partial charge < -0.3 is 10.2 Å². The number of likely N-dealkylation sites (tertiary alicyclic amines) is 1. The Hall–Kier alpha value is -0.570. The second-order valence-electron chi connectivity index (χ2n) is 4.46. The van der Waals surface area contributed by atoms with E-state index in [9.17, 15) is 4.79 Å². The minimum atomic E-state index is 0.128. The number of hydrogen-bond donors (Lipinski definition) is 1. The second kappa shape index (κ2) is 4.30. The molecule has 1 saturated carbocycles. The van der Waals surface area contributed by atoms with Crippen LogP contribution in [0.2, 0.25) is 0 Å². The summed E-state index contributed by atoms with van der Waals surface area (Å²) in [7, 11) is 0. The zero-order chi connectivity index (χ0) is 9.97. The molecule has 1 unspecified atom stereocenters. The van der Waals surface area contributed by atoms with Gasteiger partial charge in [-0.2, -0.15) is 0 Å². The smallest absolute Gasteiger partial charge is 0.239 e. The first-order valence-corrected chi connectivity index (χ1v) is 5.86. The molecule has 1 amide bonds. The highest BCUT2D eigenvalue weighted by Gasteiger charge is 2.32. The Bertz CT molecular complexity index is 211. The number of carbonyl (C=O) groups excluding carboxylic acids is 1. The van der Waals surface area contributed by atoms with Crippen molar-refractivity contribution in [1.82, 2.24) is 10.2 Å². The molecule has 80 valence electrons. The van der Waals surface area contributed by atoms with Gasteiger partial charge >= 0.3 is 0 Å². The van der Waals surface area contributed by atoms with Gasteiger partial charge in [0.1, 0.15) is 0 Å². The predicted octanol–water partition coefficient (Wildman–Crippen LogP) is 1.14. The molecule has 1 aliphatic heterocycles. The zero-order valence-electron chi connectivity index (χ0n) is 8.96. The first-order chi connectivity index (χ1) is 6.81. The molecule has 2 aliphatic rings. The molecular formula is C11H20N2O. The van der Waals surface area contributed by atoms with Crippen molar-refractivity contribution in [2.45, 2.75) is 51.1 Å². The number of rotatable bonds is 4. The van der Waals surface area contributed by atoms with Gasteiger partial charge in [0.05, 0.1) is 6.04 Å². The Kier molecular flexibility index (Phi) is 3.06. The van der Waals surface area contributed by atoms with Crippen LogP contribution in [0.5, 0.6) is 0 Å². The summed E-state index contributed by atoms with van der Waals surface area (Å²) in [6.07, 6.45) is 5.79. The number of carbonyl (C=O) groups is 1. The molecule has 0 radical (unpaired) electrons. The minimum absolute atomic E-state index is 0.128. The quantitative estimate of drug-likeness (QED) is 0.731. The van der Waals surface area contributed by atoms with E-state index in [1.807, 2.05) is 4.90 Å². The van der Waals surface area contributed by atoms with Crippen molar-refractivity contribution < 1.29 is 4.79 Å². The summed E-state index contributed by atoms with van der Waals surface area (Å²) < 4.78 is 0. The third-order valence-corrected chi connectivity index (χ3v) is 3.04. The molecule has 0 aromatic carbocycles. The molecule has 14 heavy (non-hydrogen) atoms. The fraction of sp³-hybridized carbons (Fsp3) is 0.909. The van der Waals surface area contributed by atoms with Gasteiger partial charge in [-0.15, -0.1) is 0 Å². The van der Waals surface area contributed by atoms with Crippen molar-refractivity contribution in [3.05, 3.63) is 0 Å². The van der Waals surface area contributed by atoms with Crippen LogP contribution in [-0.4, -0.2) is 36.0 Å². The van der Waals surface area contributed by atoms with E-state index in [1.165, 1.54) is 12.8 Å². The van der Waals surface area contributed by atoms with E-state index < -0.39 is 0 Å². The van der Waals surface area contributed by atoms with Gasteiger partial charge in [-0.1, -0.05) is 6.92 Å². The summed E-state index contributed by atoms with van der Waals surface area (Å²) >= 11 is 0. The van der Waals surface area contributed by atoms with Gasteiger partial charge in [0.15, 0.2) is 0 Å². The Labute approximate surface area is 85.8 Å². The highest BCUT2D eigenvalue weighted by molar-refractivity contribution is 5.82. The van der Waals surface area contributed by atoms with Crippen molar-refractivity contribution >= 4 is 5.91 Å². The summed E-state index contributed by atoms with van der Waals surface area (Å²) in [5, 5.41) is 3.44. The lowest BCUT2D eigenvalue weighted by Crippen LogP contribution is -2.51. The monoisotopic (exact) mass is 196 g/mol. The van der Waals surface area contributed by atoms with Crippen LogP contribution in [0.25, 0.3) is 0 Å². The average Bonchev–Trinajstić information content (AvgIpc) is 2.96. The van der Waals surface area contributed by atoms with Crippen LogP contribution in [0.4, 0.5) is 0 Å². The summed E-state index contributed by atoms with van der Waals surface area (Å²) in [5.41, 5.74) is 0. The van der Waals surface area contributed by atoms with Gasteiger partial charge in [0.25, 0.3) is 0 Å². The maximum absolute atomic E-state index is 11.9. The van der Waals surface area contributed by atoms with Crippen molar-refractivity contribution in [2.75, 3.05) is 13.1 Å². The highest BCUT2D eigenvalue weighted by Crippen LogP contribution is 2.22. The molecular weight excluding hydrogens is 176 g/mol. The van der Waals surface area contributed by atoms with Crippen molar-refractivity contribution in [3.8, 4) is 0 Å². The van der Waals surface area contributed by atoms with Crippen LogP contribution in [-0.2, 0) is 4.79 Å². The lowest BCUT2D eigenvalue weighted by atomic mass is 10.0. The summed E-state index contributed by atoms with van der Waals surface area (Å²) in [6.45, 7) is 4.03. The van der Waals surface area contributed by atoms with Crippen molar-refractivity contribution in [3.63, 3.8) is 0 Å². The summed E-state index contributed by atoms with van der Waals surface area (Å²) in [4.78, 5) is 14.0.